The molecule has 0 bridgehead atoms. The SMILES string of the molecule is COC(=O)[C@@H]1C[C@@H](F)CN1C(=O)[C@H](Cc1ccccc1)NC(=O)[C@H](C)NC(=O)OC(C)(C)C. The molecule has 3 amide bonds. The number of alkyl carbamates (subject to hydrolysis) is 1. The van der Waals surface area contributed by atoms with E-state index in [0.29, 0.717) is 0 Å². The number of carbonyl (C=O) groups excluding carboxylic acids is 4. The molecule has 4 atom stereocenters. The second-order valence-electron chi connectivity index (χ2n) is 8.98. The largest absolute Gasteiger partial charge is 0.467 e. The van der Waals surface area contributed by atoms with Gasteiger partial charge in [-0.25, -0.2) is 14.0 Å². The van der Waals surface area contributed by atoms with E-state index in [0.717, 1.165) is 10.5 Å². The number of hydrogen-bond donors (Lipinski definition) is 2. The number of hydrogen-bond acceptors (Lipinski definition) is 6. The van der Waals surface area contributed by atoms with Gasteiger partial charge in [0.05, 0.1) is 13.7 Å². The monoisotopic (exact) mass is 465 g/mol. The molecule has 1 aliphatic rings. The van der Waals surface area contributed by atoms with E-state index in [-0.39, 0.29) is 19.4 Å². The van der Waals surface area contributed by atoms with Crippen LogP contribution in [0.5, 0.6) is 0 Å². The number of halogens is 1. The van der Waals surface area contributed by atoms with E-state index in [1.807, 2.05) is 6.07 Å². The Labute approximate surface area is 193 Å². The Morgan fingerprint density at radius 1 is 1.15 bits per heavy atom. The smallest absolute Gasteiger partial charge is 0.408 e. The first kappa shape index (κ1) is 26.1. The van der Waals surface area contributed by atoms with Crippen molar-refractivity contribution in [3.63, 3.8) is 0 Å². The summed E-state index contributed by atoms with van der Waals surface area (Å²) in [6, 6.07) is 5.81. The standard InChI is InChI=1S/C23H32FN3O6/c1-14(25-22(31)33-23(2,3)4)19(28)26-17(11-15-9-7-6-8-10-15)20(29)27-13-16(24)12-18(27)21(30)32-5/h6-10,14,16-18H,11-13H2,1-5H3,(H,25,31)(H,26,28)/t14-,16+,17-,18-/m0/s1. The highest BCUT2D eigenvalue weighted by Gasteiger charge is 2.43. The lowest BCUT2D eigenvalue weighted by molar-refractivity contribution is -0.151. The Hall–Kier alpha value is -3.17. The Morgan fingerprint density at radius 2 is 1.79 bits per heavy atom. The fraction of sp³-hybridized carbons (Fsp3) is 0.565. The first-order chi connectivity index (χ1) is 15.4. The molecule has 182 valence electrons. The van der Waals surface area contributed by atoms with Crippen molar-refractivity contribution in [2.24, 2.45) is 0 Å². The van der Waals surface area contributed by atoms with Crippen LogP contribution >= 0.6 is 0 Å². The lowest BCUT2D eigenvalue weighted by atomic mass is 10.0. The lowest BCUT2D eigenvalue weighted by Crippen LogP contribution is -2.56. The molecular formula is C23H32FN3O6. The summed E-state index contributed by atoms with van der Waals surface area (Å²) in [5, 5.41) is 5.05. The van der Waals surface area contributed by atoms with Crippen LogP contribution in [0.25, 0.3) is 0 Å². The molecule has 0 aromatic heterocycles. The predicted octanol–water partition coefficient (Wildman–Crippen LogP) is 1.74. The van der Waals surface area contributed by atoms with Gasteiger partial charge in [0.1, 0.15) is 29.9 Å². The van der Waals surface area contributed by atoms with Crippen LogP contribution in [-0.2, 0) is 30.3 Å². The molecule has 1 aliphatic heterocycles. The van der Waals surface area contributed by atoms with Gasteiger partial charge in [-0.05, 0) is 33.3 Å². The molecule has 0 spiro atoms. The minimum absolute atomic E-state index is 0.117. The number of likely N-dealkylation sites (tertiary alicyclic amines) is 1. The van der Waals surface area contributed by atoms with Gasteiger partial charge in [-0.3, -0.25) is 9.59 Å². The number of methoxy groups -OCH3 is 1. The molecule has 1 fully saturated rings. The number of rotatable bonds is 7. The number of alkyl halides is 1. The average Bonchev–Trinajstić information content (AvgIpc) is 3.13. The van der Waals surface area contributed by atoms with Crippen molar-refractivity contribution in [2.75, 3.05) is 13.7 Å². The Bertz CT molecular complexity index is 858. The van der Waals surface area contributed by atoms with Gasteiger partial charge in [0.15, 0.2) is 0 Å². The maximum Gasteiger partial charge on any atom is 0.408 e. The van der Waals surface area contributed by atoms with Crippen molar-refractivity contribution < 1.29 is 33.0 Å². The third-order valence-corrected chi connectivity index (χ3v) is 5.03. The molecule has 0 radical (unpaired) electrons. The fourth-order valence-electron chi connectivity index (χ4n) is 3.48. The van der Waals surface area contributed by atoms with Gasteiger partial charge >= 0.3 is 12.1 Å². The minimum Gasteiger partial charge on any atom is -0.467 e. The van der Waals surface area contributed by atoms with Crippen LogP contribution in [-0.4, -0.2) is 72.3 Å². The zero-order valence-electron chi connectivity index (χ0n) is 19.6. The highest BCUT2D eigenvalue weighted by atomic mass is 19.1. The van der Waals surface area contributed by atoms with E-state index >= 15 is 0 Å². The average molecular weight is 466 g/mol. The molecule has 1 heterocycles. The van der Waals surface area contributed by atoms with Crippen molar-refractivity contribution in [1.82, 2.24) is 15.5 Å². The van der Waals surface area contributed by atoms with E-state index in [4.69, 9.17) is 9.47 Å². The van der Waals surface area contributed by atoms with E-state index in [2.05, 4.69) is 10.6 Å². The fourth-order valence-corrected chi connectivity index (χ4v) is 3.48. The molecule has 9 nitrogen and oxygen atoms in total. The lowest BCUT2D eigenvalue weighted by Gasteiger charge is -2.29. The zero-order valence-corrected chi connectivity index (χ0v) is 19.6. The number of carbonyl (C=O) groups is 4. The molecule has 0 aliphatic carbocycles. The maximum atomic E-state index is 14.1. The van der Waals surface area contributed by atoms with Crippen LogP contribution in [0.15, 0.2) is 30.3 Å². The predicted molar refractivity (Wildman–Crippen MR) is 118 cm³/mol. The number of benzene rings is 1. The second kappa shape index (κ2) is 11.1. The van der Waals surface area contributed by atoms with Crippen LogP contribution in [0.4, 0.5) is 9.18 Å². The van der Waals surface area contributed by atoms with Gasteiger partial charge in [-0.2, -0.15) is 0 Å². The molecule has 2 N–H and O–H groups in total. The van der Waals surface area contributed by atoms with E-state index in [9.17, 15) is 23.6 Å². The van der Waals surface area contributed by atoms with Gasteiger partial charge in [0.2, 0.25) is 11.8 Å². The number of nitrogens with one attached hydrogen (secondary N) is 2. The molecule has 2 rings (SSSR count). The molecule has 33 heavy (non-hydrogen) atoms. The van der Waals surface area contributed by atoms with Crippen molar-refractivity contribution in [3.8, 4) is 0 Å². The Kier molecular flexibility index (Phi) is 8.78. The van der Waals surface area contributed by atoms with Crippen LogP contribution in [0.2, 0.25) is 0 Å². The molecule has 0 saturated carbocycles. The number of amides is 3. The van der Waals surface area contributed by atoms with E-state index in [1.165, 1.54) is 14.0 Å². The number of ether oxygens (including phenoxy) is 2. The maximum absolute atomic E-state index is 14.1. The third-order valence-electron chi connectivity index (χ3n) is 5.03. The molecule has 1 saturated heterocycles. The molecule has 1 aromatic rings. The second-order valence-corrected chi connectivity index (χ2v) is 8.98. The van der Waals surface area contributed by atoms with Crippen molar-refractivity contribution in [1.29, 1.82) is 0 Å². The topological polar surface area (TPSA) is 114 Å². The summed E-state index contributed by atoms with van der Waals surface area (Å²) in [6.07, 6.45) is -2.20. The van der Waals surface area contributed by atoms with Crippen LogP contribution in [0, 0.1) is 0 Å². The third kappa shape index (κ3) is 7.73. The van der Waals surface area contributed by atoms with Crippen molar-refractivity contribution in [3.05, 3.63) is 35.9 Å². The summed E-state index contributed by atoms with van der Waals surface area (Å²) in [5.74, 6) is -1.94. The number of nitrogens with zero attached hydrogens (tertiary/aromatic N) is 1. The van der Waals surface area contributed by atoms with Crippen LogP contribution < -0.4 is 10.6 Å². The zero-order chi connectivity index (χ0) is 24.8. The highest BCUT2D eigenvalue weighted by molar-refractivity contribution is 5.93. The quantitative estimate of drug-likeness (QED) is 0.593. The summed E-state index contributed by atoms with van der Waals surface area (Å²) in [7, 11) is 1.17. The summed E-state index contributed by atoms with van der Waals surface area (Å²) in [6.45, 7) is 6.26. The first-order valence-electron chi connectivity index (χ1n) is 10.8. The highest BCUT2D eigenvalue weighted by Crippen LogP contribution is 2.23. The number of esters is 1. The van der Waals surface area contributed by atoms with Gasteiger partial charge in [-0.1, -0.05) is 30.3 Å². The Morgan fingerprint density at radius 3 is 2.36 bits per heavy atom. The Balaban J connectivity index is 2.18. The molecule has 0 unspecified atom stereocenters. The summed E-state index contributed by atoms with van der Waals surface area (Å²) in [4.78, 5) is 51.3. The van der Waals surface area contributed by atoms with Gasteiger partial charge < -0.3 is 25.0 Å². The molecular weight excluding hydrogens is 433 g/mol. The molecule has 10 heteroatoms. The normalized spacial score (nSPS) is 19.9. The van der Waals surface area contributed by atoms with Gasteiger partial charge in [-0.15, -0.1) is 0 Å². The molecule has 1 aromatic carbocycles. The van der Waals surface area contributed by atoms with Crippen molar-refractivity contribution in [2.45, 2.75) is 70.4 Å². The summed E-state index contributed by atoms with van der Waals surface area (Å²) >= 11 is 0. The minimum atomic E-state index is -1.38. The van der Waals surface area contributed by atoms with Crippen molar-refractivity contribution >= 4 is 23.9 Å². The summed E-state index contributed by atoms with van der Waals surface area (Å²) < 4.78 is 24.0. The van der Waals surface area contributed by atoms with E-state index in [1.54, 1.807) is 45.0 Å². The van der Waals surface area contributed by atoms with Gasteiger partial charge in [0, 0.05) is 12.8 Å². The van der Waals surface area contributed by atoms with Gasteiger partial charge in [0.25, 0.3) is 0 Å². The summed E-state index contributed by atoms with van der Waals surface area (Å²) in [5.41, 5.74) is 0.0164. The van der Waals surface area contributed by atoms with Crippen LogP contribution in [0.1, 0.15) is 39.7 Å². The van der Waals surface area contributed by atoms with E-state index < -0.39 is 53.8 Å². The van der Waals surface area contributed by atoms with Crippen LogP contribution in [0.3, 0.4) is 0 Å². The first-order valence-corrected chi connectivity index (χ1v) is 10.8.